The standard InChI is InChI=1S/C20H35NO5/c1-2-3-4-5-6-7-14(22)8-9-15-16-12-18(17(16)13-19(15)23)21-26-11-10-20(24)25/h14-16,19,21-23H,2-13H2,1H3,(H,24,25). The molecule has 26 heavy (non-hydrogen) atoms. The van der Waals surface area contributed by atoms with Gasteiger partial charge in [-0.1, -0.05) is 39.0 Å². The summed E-state index contributed by atoms with van der Waals surface area (Å²) in [6.45, 7) is 2.33. The molecule has 6 nitrogen and oxygen atoms in total. The van der Waals surface area contributed by atoms with Crippen LogP contribution in [-0.4, -0.2) is 40.1 Å². The highest BCUT2D eigenvalue weighted by molar-refractivity contribution is 5.66. The number of unbranched alkanes of at least 4 members (excludes halogenated alkanes) is 4. The zero-order chi connectivity index (χ0) is 18.9. The van der Waals surface area contributed by atoms with Gasteiger partial charge in [-0.3, -0.25) is 15.1 Å². The lowest BCUT2D eigenvalue weighted by Crippen LogP contribution is -2.31. The molecule has 4 unspecified atom stereocenters. The summed E-state index contributed by atoms with van der Waals surface area (Å²) in [4.78, 5) is 15.6. The summed E-state index contributed by atoms with van der Waals surface area (Å²) in [6, 6.07) is 0. The number of hydrogen-bond acceptors (Lipinski definition) is 5. The predicted octanol–water partition coefficient (Wildman–Crippen LogP) is 3.14. The molecule has 2 rings (SSSR count). The quantitative estimate of drug-likeness (QED) is 0.277. The predicted molar refractivity (Wildman–Crippen MR) is 99.2 cm³/mol. The molecule has 0 bridgehead atoms. The Labute approximate surface area is 156 Å². The molecule has 150 valence electrons. The third kappa shape index (κ3) is 6.25. The van der Waals surface area contributed by atoms with Gasteiger partial charge in [-0.05, 0) is 49.5 Å². The van der Waals surface area contributed by atoms with Crippen molar-refractivity contribution < 1.29 is 25.0 Å². The molecule has 2 aliphatic rings. The molecular formula is C20H35NO5. The van der Waals surface area contributed by atoms with E-state index in [0.717, 1.165) is 37.8 Å². The van der Waals surface area contributed by atoms with Crippen LogP contribution in [0.2, 0.25) is 0 Å². The molecule has 0 aromatic heterocycles. The van der Waals surface area contributed by atoms with Gasteiger partial charge in [0.15, 0.2) is 0 Å². The lowest BCUT2D eigenvalue weighted by Gasteiger charge is -2.32. The van der Waals surface area contributed by atoms with E-state index < -0.39 is 5.97 Å². The summed E-state index contributed by atoms with van der Waals surface area (Å²) >= 11 is 0. The lowest BCUT2D eigenvalue weighted by molar-refractivity contribution is -0.138. The minimum absolute atomic E-state index is 0.0272. The number of hydroxylamine groups is 1. The van der Waals surface area contributed by atoms with Crippen LogP contribution in [0.1, 0.15) is 77.6 Å². The van der Waals surface area contributed by atoms with E-state index in [1.807, 2.05) is 0 Å². The van der Waals surface area contributed by atoms with Crippen LogP contribution >= 0.6 is 0 Å². The van der Waals surface area contributed by atoms with Crippen LogP contribution in [0.5, 0.6) is 0 Å². The van der Waals surface area contributed by atoms with Gasteiger partial charge in [0, 0.05) is 5.70 Å². The fourth-order valence-corrected chi connectivity index (χ4v) is 4.19. The average molecular weight is 370 g/mol. The highest BCUT2D eigenvalue weighted by Gasteiger charge is 2.45. The van der Waals surface area contributed by atoms with Crippen molar-refractivity contribution in [1.82, 2.24) is 5.48 Å². The van der Waals surface area contributed by atoms with Crippen molar-refractivity contribution in [2.45, 2.75) is 89.8 Å². The van der Waals surface area contributed by atoms with Gasteiger partial charge >= 0.3 is 5.97 Å². The SMILES string of the molecule is CCCCCCCC(O)CCC1C(O)CC2=C(NOCCC(=O)O)CC21. The molecule has 0 aromatic rings. The molecule has 0 spiro atoms. The molecule has 0 radical (unpaired) electrons. The minimum atomic E-state index is -0.879. The van der Waals surface area contributed by atoms with Crippen LogP contribution in [0.15, 0.2) is 11.3 Å². The van der Waals surface area contributed by atoms with Gasteiger partial charge in [0.05, 0.1) is 25.2 Å². The summed E-state index contributed by atoms with van der Waals surface area (Å²) < 4.78 is 0. The molecule has 2 aliphatic carbocycles. The number of carbonyl (C=O) groups is 1. The van der Waals surface area contributed by atoms with Gasteiger partial charge in [0.1, 0.15) is 0 Å². The summed E-state index contributed by atoms with van der Waals surface area (Å²) in [5.74, 6) is -0.271. The van der Waals surface area contributed by atoms with E-state index in [1.165, 1.54) is 31.3 Å². The van der Waals surface area contributed by atoms with E-state index in [-0.39, 0.29) is 31.2 Å². The van der Waals surface area contributed by atoms with Gasteiger partial charge < -0.3 is 15.3 Å². The van der Waals surface area contributed by atoms with Crippen LogP contribution in [-0.2, 0) is 9.63 Å². The molecule has 0 aliphatic heterocycles. The zero-order valence-corrected chi connectivity index (χ0v) is 16.0. The second-order valence-corrected chi connectivity index (χ2v) is 7.78. The first-order valence-corrected chi connectivity index (χ1v) is 10.2. The van der Waals surface area contributed by atoms with Crippen LogP contribution in [0.4, 0.5) is 0 Å². The average Bonchev–Trinajstić information content (AvgIpc) is 2.83. The number of allylic oxidation sites excluding steroid dienone is 1. The molecule has 0 heterocycles. The zero-order valence-electron chi connectivity index (χ0n) is 16.0. The Morgan fingerprint density at radius 1 is 1.23 bits per heavy atom. The van der Waals surface area contributed by atoms with Crippen molar-refractivity contribution in [3.63, 3.8) is 0 Å². The van der Waals surface area contributed by atoms with Gasteiger partial charge in [0.25, 0.3) is 0 Å². The second kappa shape index (κ2) is 10.9. The maximum atomic E-state index is 10.5. The van der Waals surface area contributed by atoms with E-state index in [9.17, 15) is 15.0 Å². The van der Waals surface area contributed by atoms with E-state index in [0.29, 0.717) is 12.3 Å². The van der Waals surface area contributed by atoms with Gasteiger partial charge in [-0.15, -0.1) is 0 Å². The van der Waals surface area contributed by atoms with Crippen molar-refractivity contribution >= 4 is 5.97 Å². The normalized spacial score (nSPS) is 25.7. The Morgan fingerprint density at radius 3 is 2.73 bits per heavy atom. The van der Waals surface area contributed by atoms with Crippen LogP contribution in [0, 0.1) is 11.8 Å². The number of rotatable bonds is 14. The van der Waals surface area contributed by atoms with E-state index >= 15 is 0 Å². The van der Waals surface area contributed by atoms with Crippen LogP contribution in [0.3, 0.4) is 0 Å². The fourth-order valence-electron chi connectivity index (χ4n) is 4.19. The molecule has 0 saturated heterocycles. The number of carboxylic acids is 1. The number of aliphatic hydroxyl groups is 2. The monoisotopic (exact) mass is 369 g/mol. The molecule has 4 atom stereocenters. The van der Waals surface area contributed by atoms with Gasteiger partial charge in [-0.2, -0.15) is 0 Å². The first kappa shape index (κ1) is 21.2. The molecule has 0 amide bonds. The number of carboxylic acid groups (broad SMARTS) is 1. The molecule has 1 fully saturated rings. The number of aliphatic hydroxyl groups excluding tert-OH is 2. The Bertz CT molecular complexity index is 479. The molecular weight excluding hydrogens is 334 g/mol. The summed E-state index contributed by atoms with van der Waals surface area (Å²) in [6.07, 6.45) is 9.42. The van der Waals surface area contributed by atoms with Crippen molar-refractivity contribution in [3.8, 4) is 0 Å². The molecule has 6 heteroatoms. The van der Waals surface area contributed by atoms with Crippen LogP contribution < -0.4 is 5.48 Å². The van der Waals surface area contributed by atoms with Crippen molar-refractivity contribution in [3.05, 3.63) is 11.3 Å². The molecule has 1 saturated carbocycles. The Kier molecular flexibility index (Phi) is 8.88. The molecule has 4 N–H and O–H groups in total. The smallest absolute Gasteiger partial charge is 0.305 e. The number of hydrogen-bond donors (Lipinski definition) is 4. The van der Waals surface area contributed by atoms with E-state index in [4.69, 9.17) is 9.94 Å². The maximum absolute atomic E-state index is 10.5. The first-order chi connectivity index (χ1) is 12.5. The van der Waals surface area contributed by atoms with Crippen molar-refractivity contribution in [1.29, 1.82) is 0 Å². The van der Waals surface area contributed by atoms with Crippen molar-refractivity contribution in [2.75, 3.05) is 6.61 Å². The van der Waals surface area contributed by atoms with E-state index in [1.54, 1.807) is 0 Å². The largest absolute Gasteiger partial charge is 0.481 e. The van der Waals surface area contributed by atoms with Crippen molar-refractivity contribution in [2.24, 2.45) is 11.8 Å². The topological polar surface area (TPSA) is 99.0 Å². The van der Waals surface area contributed by atoms with Gasteiger partial charge in [-0.25, -0.2) is 0 Å². The van der Waals surface area contributed by atoms with Crippen LogP contribution in [0.25, 0.3) is 0 Å². The lowest BCUT2D eigenvalue weighted by atomic mass is 9.77. The fraction of sp³-hybridized carbons (Fsp3) is 0.850. The Morgan fingerprint density at radius 2 is 2.00 bits per heavy atom. The maximum Gasteiger partial charge on any atom is 0.305 e. The second-order valence-electron chi connectivity index (χ2n) is 7.78. The minimum Gasteiger partial charge on any atom is -0.481 e. The van der Waals surface area contributed by atoms with E-state index in [2.05, 4.69) is 12.4 Å². The highest BCUT2D eigenvalue weighted by atomic mass is 16.6. The highest BCUT2D eigenvalue weighted by Crippen LogP contribution is 2.50. The first-order valence-electron chi connectivity index (χ1n) is 10.2. The number of aliphatic carboxylic acids is 1. The number of fused-ring (bicyclic) bond motifs is 1. The summed E-state index contributed by atoms with van der Waals surface area (Å²) in [5.41, 5.74) is 5.07. The summed E-state index contributed by atoms with van der Waals surface area (Å²) in [5, 5.41) is 29.1. The molecule has 0 aromatic carbocycles. The third-order valence-corrected chi connectivity index (χ3v) is 5.79. The Hall–Kier alpha value is -1.11. The third-order valence-electron chi connectivity index (χ3n) is 5.79. The summed E-state index contributed by atoms with van der Waals surface area (Å²) in [7, 11) is 0. The van der Waals surface area contributed by atoms with Gasteiger partial charge in [0.2, 0.25) is 0 Å². The number of nitrogens with one attached hydrogen (secondary N) is 1. The Balaban J connectivity index is 1.65.